The van der Waals surface area contributed by atoms with Crippen molar-refractivity contribution in [1.82, 2.24) is 24.7 Å². The van der Waals surface area contributed by atoms with E-state index in [0.717, 1.165) is 16.1 Å². The van der Waals surface area contributed by atoms with Gasteiger partial charge in [-0.25, -0.2) is 15.0 Å². The maximum absolute atomic E-state index is 6.13. The van der Waals surface area contributed by atoms with Crippen LogP contribution in [-0.4, -0.2) is 24.7 Å². The number of hydrogen-bond acceptors (Lipinski definition) is 5. The lowest BCUT2D eigenvalue weighted by molar-refractivity contribution is 0.782. The van der Waals surface area contributed by atoms with Crippen LogP contribution in [0.5, 0.6) is 0 Å². The van der Waals surface area contributed by atoms with Crippen molar-refractivity contribution in [2.45, 2.75) is 10.8 Å². The summed E-state index contributed by atoms with van der Waals surface area (Å²) in [5.41, 5.74) is 0.747. The summed E-state index contributed by atoms with van der Waals surface area (Å²) in [7, 11) is 1.83. The molecular weight excluding hydrogens is 282 g/mol. The lowest BCUT2D eigenvalue weighted by atomic mass is 10.4. The fourth-order valence-corrected chi connectivity index (χ4v) is 2.61. The van der Waals surface area contributed by atoms with Gasteiger partial charge in [-0.3, -0.25) is 4.68 Å². The highest BCUT2D eigenvalue weighted by Gasteiger charge is 2.10. The van der Waals surface area contributed by atoms with E-state index < -0.39 is 0 Å². The van der Waals surface area contributed by atoms with E-state index in [2.05, 4.69) is 20.1 Å². The molecule has 19 heavy (non-hydrogen) atoms. The van der Waals surface area contributed by atoms with Gasteiger partial charge in [0.1, 0.15) is 11.0 Å². The van der Waals surface area contributed by atoms with Crippen molar-refractivity contribution in [3.63, 3.8) is 0 Å². The van der Waals surface area contributed by atoms with Crippen LogP contribution in [0.1, 0.15) is 5.82 Å². The van der Waals surface area contributed by atoms with E-state index in [1.807, 2.05) is 25.2 Å². The smallest absolute Gasteiger partial charge is 0.162 e. The summed E-state index contributed by atoms with van der Waals surface area (Å²) in [5.74, 6) is 1.30. The average molecular weight is 292 g/mol. The summed E-state index contributed by atoms with van der Waals surface area (Å²) < 4.78 is 1.69. The Morgan fingerprint density at radius 2 is 2.21 bits per heavy atom. The number of hydrogen-bond donors (Lipinski definition) is 0. The number of pyridine rings is 1. The molecule has 0 bridgehead atoms. The molecule has 3 rings (SSSR count). The summed E-state index contributed by atoms with van der Waals surface area (Å²) in [6.45, 7) is 0. The van der Waals surface area contributed by atoms with Crippen LogP contribution in [0.4, 0.5) is 0 Å². The second-order valence-corrected chi connectivity index (χ2v) is 5.25. The van der Waals surface area contributed by atoms with Crippen molar-refractivity contribution in [2.75, 3.05) is 0 Å². The first-order valence-corrected chi connectivity index (χ1v) is 6.98. The monoisotopic (exact) mass is 291 g/mol. The fourth-order valence-electron chi connectivity index (χ4n) is 1.67. The maximum Gasteiger partial charge on any atom is 0.162 e. The number of fused-ring (bicyclic) bond motifs is 1. The van der Waals surface area contributed by atoms with Gasteiger partial charge in [-0.05, 0) is 12.1 Å². The van der Waals surface area contributed by atoms with Gasteiger partial charge in [0, 0.05) is 13.2 Å². The van der Waals surface area contributed by atoms with Gasteiger partial charge >= 0.3 is 0 Å². The summed E-state index contributed by atoms with van der Waals surface area (Å²) in [6.07, 6.45) is 3.44. The Balaban J connectivity index is 1.87. The van der Waals surface area contributed by atoms with Gasteiger partial charge in [0.15, 0.2) is 5.65 Å². The van der Waals surface area contributed by atoms with Crippen LogP contribution in [0.25, 0.3) is 11.0 Å². The lowest BCUT2D eigenvalue weighted by Crippen LogP contribution is -1.98. The maximum atomic E-state index is 6.13. The normalized spacial score (nSPS) is 11.1. The third-order valence-electron chi connectivity index (χ3n) is 2.58. The Morgan fingerprint density at radius 1 is 1.32 bits per heavy atom. The molecule has 0 aliphatic rings. The van der Waals surface area contributed by atoms with Gasteiger partial charge in [0.25, 0.3) is 0 Å². The highest BCUT2D eigenvalue weighted by atomic mass is 35.5. The zero-order chi connectivity index (χ0) is 13.2. The van der Waals surface area contributed by atoms with E-state index in [0.29, 0.717) is 16.7 Å². The third kappa shape index (κ3) is 2.54. The zero-order valence-electron chi connectivity index (χ0n) is 10.1. The quantitative estimate of drug-likeness (QED) is 0.548. The topological polar surface area (TPSA) is 56.5 Å². The van der Waals surface area contributed by atoms with E-state index in [-0.39, 0.29) is 0 Å². The minimum atomic E-state index is 0.440. The first-order valence-electron chi connectivity index (χ1n) is 5.62. The molecule has 0 aromatic carbocycles. The van der Waals surface area contributed by atoms with Gasteiger partial charge in [0.2, 0.25) is 0 Å². The molecule has 0 unspecified atom stereocenters. The molecule has 0 saturated heterocycles. The van der Waals surface area contributed by atoms with Gasteiger partial charge in [0.05, 0.1) is 22.4 Å². The van der Waals surface area contributed by atoms with Crippen molar-refractivity contribution in [2.24, 2.45) is 7.05 Å². The van der Waals surface area contributed by atoms with Crippen LogP contribution in [0.2, 0.25) is 5.15 Å². The predicted octanol–water partition coefficient (Wildman–Crippen LogP) is 2.70. The Kier molecular flexibility index (Phi) is 3.35. The van der Waals surface area contributed by atoms with Crippen LogP contribution >= 0.6 is 23.4 Å². The highest BCUT2D eigenvalue weighted by molar-refractivity contribution is 7.98. The number of aromatic nitrogens is 5. The molecule has 3 heterocycles. The average Bonchev–Trinajstić information content (AvgIpc) is 2.80. The van der Waals surface area contributed by atoms with Gasteiger partial charge < -0.3 is 0 Å². The molecule has 3 aromatic heterocycles. The van der Waals surface area contributed by atoms with Gasteiger partial charge in [-0.15, -0.1) is 0 Å². The van der Waals surface area contributed by atoms with Crippen LogP contribution in [0, 0.1) is 0 Å². The number of nitrogens with zero attached hydrogens (tertiary/aromatic N) is 5. The van der Waals surface area contributed by atoms with E-state index in [4.69, 9.17) is 11.6 Å². The van der Waals surface area contributed by atoms with E-state index in [1.54, 1.807) is 28.8 Å². The summed E-state index contributed by atoms with van der Waals surface area (Å²) in [4.78, 5) is 13.0. The fraction of sp³-hybridized carbons (Fsp3) is 0.167. The van der Waals surface area contributed by atoms with Gasteiger partial charge in [-0.1, -0.05) is 29.4 Å². The summed E-state index contributed by atoms with van der Waals surface area (Å²) in [6, 6.07) is 5.79. The van der Waals surface area contributed by atoms with E-state index in [9.17, 15) is 0 Å². The summed E-state index contributed by atoms with van der Waals surface area (Å²) in [5, 5.41) is 6.28. The largest absolute Gasteiger partial charge is 0.250 e. The lowest BCUT2D eigenvalue weighted by Gasteiger charge is -2.02. The summed E-state index contributed by atoms with van der Waals surface area (Å²) >= 11 is 7.70. The Hall–Kier alpha value is -1.66. The number of halogens is 1. The SMILES string of the molecule is Cn1ncc2c(Cl)nc(CSc3ccccn3)nc21. The Labute approximate surface area is 119 Å². The minimum absolute atomic E-state index is 0.440. The van der Waals surface area contributed by atoms with E-state index in [1.165, 1.54) is 0 Å². The third-order valence-corrected chi connectivity index (χ3v) is 3.81. The highest BCUT2D eigenvalue weighted by Crippen LogP contribution is 2.23. The van der Waals surface area contributed by atoms with Crippen molar-refractivity contribution in [3.8, 4) is 0 Å². The number of thioether (sulfide) groups is 1. The zero-order valence-corrected chi connectivity index (χ0v) is 11.7. The molecule has 5 nitrogen and oxygen atoms in total. The molecule has 0 aliphatic heterocycles. The first kappa shape index (κ1) is 12.4. The molecule has 0 atom stereocenters. The van der Waals surface area contributed by atoms with Crippen molar-refractivity contribution in [1.29, 1.82) is 0 Å². The molecule has 0 fully saturated rings. The first-order chi connectivity index (χ1) is 9.24. The van der Waals surface area contributed by atoms with Crippen LogP contribution in [0.15, 0.2) is 35.6 Å². The van der Waals surface area contributed by atoms with E-state index >= 15 is 0 Å². The molecule has 3 aromatic rings. The molecule has 0 N–H and O–H groups in total. The van der Waals surface area contributed by atoms with Crippen LogP contribution in [-0.2, 0) is 12.8 Å². The molecule has 7 heteroatoms. The van der Waals surface area contributed by atoms with Crippen LogP contribution < -0.4 is 0 Å². The molecule has 0 spiro atoms. The Morgan fingerprint density at radius 3 is 3.00 bits per heavy atom. The predicted molar refractivity (Wildman–Crippen MR) is 75.1 cm³/mol. The number of aryl methyl sites for hydroxylation is 1. The van der Waals surface area contributed by atoms with Crippen molar-refractivity contribution < 1.29 is 0 Å². The second-order valence-electron chi connectivity index (χ2n) is 3.89. The molecule has 96 valence electrons. The molecule has 0 amide bonds. The molecule has 0 radical (unpaired) electrons. The standard InChI is InChI=1S/C12H10ClN5S/c1-18-12-8(6-15-18)11(13)16-9(17-12)7-19-10-4-2-3-5-14-10/h2-6H,7H2,1H3. The Bertz CT molecular complexity index is 713. The number of rotatable bonds is 3. The second kappa shape index (κ2) is 5.14. The molecule has 0 aliphatic carbocycles. The van der Waals surface area contributed by atoms with Gasteiger partial charge in [-0.2, -0.15) is 5.10 Å². The van der Waals surface area contributed by atoms with Crippen LogP contribution in [0.3, 0.4) is 0 Å². The molecular formula is C12H10ClN5S. The van der Waals surface area contributed by atoms with Crippen molar-refractivity contribution in [3.05, 3.63) is 41.6 Å². The van der Waals surface area contributed by atoms with Crippen molar-refractivity contribution >= 4 is 34.4 Å². The minimum Gasteiger partial charge on any atom is -0.250 e. The molecule has 0 saturated carbocycles.